The fourth-order valence-corrected chi connectivity index (χ4v) is 1.66. The van der Waals surface area contributed by atoms with Crippen LogP contribution in [0.25, 0.3) is 0 Å². The third kappa shape index (κ3) is 3.30. The quantitative estimate of drug-likeness (QED) is 0.941. The van der Waals surface area contributed by atoms with Gasteiger partial charge in [0.25, 0.3) is 0 Å². The number of hydrogen-bond donors (Lipinski definition) is 1. The molecule has 0 bridgehead atoms. The van der Waals surface area contributed by atoms with Gasteiger partial charge in [0.15, 0.2) is 0 Å². The van der Waals surface area contributed by atoms with Crippen LogP contribution < -0.4 is 5.32 Å². The van der Waals surface area contributed by atoms with E-state index in [1.165, 1.54) is 0 Å². The Morgan fingerprint density at radius 3 is 2.76 bits per heavy atom. The minimum absolute atomic E-state index is 0.398. The number of halogens is 1. The fraction of sp³-hybridized carbons (Fsp3) is 0.333. The molecule has 4 nitrogen and oxygen atoms in total. The van der Waals surface area contributed by atoms with Crippen LogP contribution >= 0.6 is 15.9 Å². The Bertz CT molecular complexity index is 476. The maximum atomic E-state index is 4.46. The van der Waals surface area contributed by atoms with Crippen LogP contribution in [0.15, 0.2) is 35.1 Å². The van der Waals surface area contributed by atoms with Crippen molar-refractivity contribution in [3.8, 4) is 0 Å². The Hall–Kier alpha value is -1.36. The highest BCUT2D eigenvalue weighted by molar-refractivity contribution is 9.10. The van der Waals surface area contributed by atoms with E-state index in [2.05, 4.69) is 45.2 Å². The lowest BCUT2D eigenvalue weighted by Gasteiger charge is -2.05. The van der Waals surface area contributed by atoms with Crippen LogP contribution in [0.4, 0.5) is 5.82 Å². The Labute approximate surface area is 109 Å². The van der Waals surface area contributed by atoms with E-state index in [1.807, 2.05) is 29.1 Å². The first-order chi connectivity index (χ1) is 8.15. The van der Waals surface area contributed by atoms with E-state index < -0.39 is 0 Å². The summed E-state index contributed by atoms with van der Waals surface area (Å²) < 4.78 is 2.93. The first-order valence-electron chi connectivity index (χ1n) is 5.54. The Morgan fingerprint density at radius 1 is 1.35 bits per heavy atom. The first kappa shape index (κ1) is 12.1. The molecule has 0 aliphatic rings. The van der Waals surface area contributed by atoms with Crippen LogP contribution in [0.2, 0.25) is 0 Å². The molecule has 0 aliphatic heterocycles. The van der Waals surface area contributed by atoms with Gasteiger partial charge in [-0.25, -0.2) is 4.98 Å². The molecule has 0 spiro atoms. The summed E-state index contributed by atoms with van der Waals surface area (Å²) in [6, 6.07) is 6.31. The molecule has 17 heavy (non-hydrogen) atoms. The van der Waals surface area contributed by atoms with E-state index in [0.29, 0.717) is 12.6 Å². The third-order valence-corrected chi connectivity index (χ3v) is 2.84. The van der Waals surface area contributed by atoms with E-state index in [9.17, 15) is 0 Å². The molecule has 0 saturated carbocycles. The SMILES string of the molecule is CC(C)n1ccc(CNc2ccc(Br)cn2)n1. The smallest absolute Gasteiger partial charge is 0.126 e. The monoisotopic (exact) mass is 294 g/mol. The number of rotatable bonds is 4. The van der Waals surface area contributed by atoms with Crippen LogP contribution in [-0.4, -0.2) is 14.8 Å². The van der Waals surface area contributed by atoms with Gasteiger partial charge in [-0.1, -0.05) is 0 Å². The van der Waals surface area contributed by atoms with Gasteiger partial charge in [-0.05, 0) is 48.0 Å². The van der Waals surface area contributed by atoms with Gasteiger partial charge in [0, 0.05) is 22.9 Å². The zero-order chi connectivity index (χ0) is 12.3. The van der Waals surface area contributed by atoms with Crippen LogP contribution in [-0.2, 0) is 6.54 Å². The molecule has 0 radical (unpaired) electrons. The van der Waals surface area contributed by atoms with Gasteiger partial charge in [-0.3, -0.25) is 4.68 Å². The van der Waals surface area contributed by atoms with Gasteiger partial charge >= 0.3 is 0 Å². The Morgan fingerprint density at radius 2 is 2.18 bits per heavy atom. The van der Waals surface area contributed by atoms with Crippen molar-refractivity contribution in [3.05, 3.63) is 40.8 Å². The zero-order valence-electron chi connectivity index (χ0n) is 9.89. The van der Waals surface area contributed by atoms with Crippen molar-refractivity contribution < 1.29 is 0 Å². The van der Waals surface area contributed by atoms with Crippen molar-refractivity contribution in [3.63, 3.8) is 0 Å². The molecule has 0 unspecified atom stereocenters. The summed E-state index contributed by atoms with van der Waals surface area (Å²) in [4.78, 5) is 4.24. The van der Waals surface area contributed by atoms with Crippen LogP contribution in [0.1, 0.15) is 25.6 Å². The Balaban J connectivity index is 1.95. The molecule has 0 saturated heterocycles. The molecule has 1 N–H and O–H groups in total. The van der Waals surface area contributed by atoms with Crippen molar-refractivity contribution in [1.29, 1.82) is 0 Å². The molecule has 0 amide bonds. The van der Waals surface area contributed by atoms with Crippen molar-refractivity contribution in [1.82, 2.24) is 14.8 Å². The number of anilines is 1. The van der Waals surface area contributed by atoms with Crippen molar-refractivity contribution in [2.24, 2.45) is 0 Å². The fourth-order valence-electron chi connectivity index (χ4n) is 1.42. The lowest BCUT2D eigenvalue weighted by molar-refractivity contribution is 0.527. The van der Waals surface area contributed by atoms with Gasteiger partial charge in [0.05, 0.1) is 12.2 Å². The number of nitrogens with zero attached hydrogens (tertiary/aromatic N) is 3. The van der Waals surface area contributed by atoms with Crippen molar-refractivity contribution >= 4 is 21.7 Å². The highest BCUT2D eigenvalue weighted by Crippen LogP contribution is 2.11. The second-order valence-electron chi connectivity index (χ2n) is 4.10. The zero-order valence-corrected chi connectivity index (χ0v) is 11.5. The van der Waals surface area contributed by atoms with Crippen LogP contribution in [0.3, 0.4) is 0 Å². The summed E-state index contributed by atoms with van der Waals surface area (Å²) in [5.41, 5.74) is 1.02. The van der Waals surface area contributed by atoms with Gasteiger partial charge in [0.2, 0.25) is 0 Å². The van der Waals surface area contributed by atoms with Crippen LogP contribution in [0, 0.1) is 0 Å². The Kier molecular flexibility index (Phi) is 3.78. The maximum absolute atomic E-state index is 4.46. The highest BCUT2D eigenvalue weighted by atomic mass is 79.9. The number of hydrogen-bond acceptors (Lipinski definition) is 3. The second-order valence-corrected chi connectivity index (χ2v) is 5.01. The average molecular weight is 295 g/mol. The van der Waals surface area contributed by atoms with Gasteiger partial charge in [-0.2, -0.15) is 5.10 Å². The van der Waals surface area contributed by atoms with E-state index in [0.717, 1.165) is 16.0 Å². The lowest BCUT2D eigenvalue weighted by atomic mass is 10.4. The molecule has 2 aromatic rings. The summed E-state index contributed by atoms with van der Waals surface area (Å²) in [6.45, 7) is 4.91. The molecule has 0 aromatic carbocycles. The van der Waals surface area contributed by atoms with Crippen molar-refractivity contribution in [2.75, 3.05) is 5.32 Å². The standard InChI is InChI=1S/C12H15BrN4/c1-9(2)17-6-5-11(16-17)8-15-12-4-3-10(13)7-14-12/h3-7,9H,8H2,1-2H3,(H,14,15). The number of pyridine rings is 1. The predicted octanol–water partition coefficient (Wildman–Crippen LogP) is 3.23. The van der Waals surface area contributed by atoms with Gasteiger partial charge in [0.1, 0.15) is 5.82 Å². The summed E-state index contributed by atoms with van der Waals surface area (Å²) in [6.07, 6.45) is 3.77. The van der Waals surface area contributed by atoms with E-state index in [1.54, 1.807) is 6.20 Å². The molecule has 5 heteroatoms. The molecule has 2 aromatic heterocycles. The highest BCUT2D eigenvalue weighted by Gasteiger charge is 2.02. The molecular weight excluding hydrogens is 280 g/mol. The minimum atomic E-state index is 0.398. The molecule has 0 aliphatic carbocycles. The topological polar surface area (TPSA) is 42.7 Å². The maximum Gasteiger partial charge on any atom is 0.126 e. The summed E-state index contributed by atoms with van der Waals surface area (Å²) in [5.74, 6) is 0.854. The van der Waals surface area contributed by atoms with E-state index in [4.69, 9.17) is 0 Å². The summed E-state index contributed by atoms with van der Waals surface area (Å²) in [5, 5.41) is 7.69. The number of nitrogens with one attached hydrogen (secondary N) is 1. The summed E-state index contributed by atoms with van der Waals surface area (Å²) in [7, 11) is 0. The molecule has 2 heterocycles. The van der Waals surface area contributed by atoms with Crippen LogP contribution in [0.5, 0.6) is 0 Å². The largest absolute Gasteiger partial charge is 0.364 e. The molecule has 90 valence electrons. The first-order valence-corrected chi connectivity index (χ1v) is 6.34. The molecule has 0 atom stereocenters. The van der Waals surface area contributed by atoms with Gasteiger partial charge in [-0.15, -0.1) is 0 Å². The third-order valence-electron chi connectivity index (χ3n) is 2.37. The van der Waals surface area contributed by atoms with E-state index >= 15 is 0 Å². The second kappa shape index (κ2) is 5.31. The molecule has 0 fully saturated rings. The van der Waals surface area contributed by atoms with Gasteiger partial charge < -0.3 is 5.32 Å². The lowest BCUT2D eigenvalue weighted by Crippen LogP contribution is -2.05. The summed E-state index contributed by atoms with van der Waals surface area (Å²) >= 11 is 3.35. The molecule has 2 rings (SSSR count). The number of aromatic nitrogens is 3. The van der Waals surface area contributed by atoms with Crippen molar-refractivity contribution in [2.45, 2.75) is 26.4 Å². The average Bonchev–Trinajstić information content (AvgIpc) is 2.77. The van der Waals surface area contributed by atoms with E-state index in [-0.39, 0.29) is 0 Å². The molecular formula is C12H15BrN4. The minimum Gasteiger partial charge on any atom is -0.364 e. The normalized spacial score (nSPS) is 10.8. The predicted molar refractivity (Wildman–Crippen MR) is 71.9 cm³/mol.